The van der Waals surface area contributed by atoms with E-state index in [9.17, 15) is 4.79 Å². The zero-order valence-corrected chi connectivity index (χ0v) is 11.8. The Morgan fingerprint density at radius 2 is 1.94 bits per heavy atom. The van der Waals surface area contributed by atoms with Crippen LogP contribution in [0.3, 0.4) is 0 Å². The minimum atomic E-state index is -0.280. The van der Waals surface area contributed by atoms with E-state index in [0.29, 0.717) is 13.2 Å². The number of rotatable bonds is 6. The van der Waals surface area contributed by atoms with Gasteiger partial charge in [-0.1, -0.05) is 0 Å². The molecule has 0 amide bonds. The quantitative estimate of drug-likeness (QED) is 0.563. The third-order valence-corrected chi connectivity index (χ3v) is 2.29. The number of hydrogen-bond donors (Lipinski definition) is 1. The van der Waals surface area contributed by atoms with E-state index in [1.54, 1.807) is 6.92 Å². The van der Waals surface area contributed by atoms with Gasteiger partial charge in [0.25, 0.3) is 0 Å². The lowest BCUT2D eigenvalue weighted by Crippen LogP contribution is -2.44. The number of piperazine rings is 1. The first-order chi connectivity index (χ1) is 7.33. The Hall–Kier alpha value is -0.0700. The minimum absolute atomic E-state index is 0. The number of carbonyl (C=O) groups excluding carboxylic acids is 1. The molecule has 0 radical (unpaired) electrons. The van der Waals surface area contributed by atoms with Crippen molar-refractivity contribution in [2.24, 2.45) is 0 Å². The van der Waals surface area contributed by atoms with Crippen molar-refractivity contribution in [3.63, 3.8) is 0 Å². The molecule has 0 aromatic carbocycles. The smallest absolute Gasteiger partial charge is 0.332 e. The maximum atomic E-state index is 10.9. The molecule has 0 aliphatic carbocycles. The first kappa shape index (κ1) is 19.3. The van der Waals surface area contributed by atoms with Crippen LogP contribution in [-0.4, -0.2) is 63.4 Å². The summed E-state index contributed by atoms with van der Waals surface area (Å²) in [6, 6.07) is 0. The molecule has 5 nitrogen and oxygen atoms in total. The Kier molecular flexibility index (Phi) is 14.0. The summed E-state index contributed by atoms with van der Waals surface area (Å²) in [5.74, 6) is -0.280. The second kappa shape index (κ2) is 12.4. The molecule has 0 bridgehead atoms. The van der Waals surface area contributed by atoms with Crippen molar-refractivity contribution in [3.8, 4) is 0 Å². The molecule has 7 heteroatoms. The van der Waals surface area contributed by atoms with Crippen LogP contribution >= 0.6 is 24.8 Å². The average molecular weight is 289 g/mol. The van der Waals surface area contributed by atoms with Crippen molar-refractivity contribution in [2.45, 2.75) is 6.92 Å². The summed E-state index contributed by atoms with van der Waals surface area (Å²) in [5.41, 5.74) is 0. The molecule has 1 fully saturated rings. The highest BCUT2D eigenvalue weighted by atomic mass is 35.5. The molecule has 1 aliphatic heterocycles. The van der Waals surface area contributed by atoms with Gasteiger partial charge in [0.15, 0.2) is 0 Å². The van der Waals surface area contributed by atoms with Gasteiger partial charge in [-0.15, -0.1) is 24.8 Å². The lowest BCUT2D eigenvalue weighted by molar-refractivity contribution is -0.148. The summed E-state index contributed by atoms with van der Waals surface area (Å²) in [4.78, 5) is 13.2. The van der Waals surface area contributed by atoms with E-state index in [0.717, 1.165) is 32.7 Å². The van der Waals surface area contributed by atoms with E-state index in [2.05, 4.69) is 10.2 Å². The fraction of sp³-hybridized carbons (Fsp3) is 0.900. The van der Waals surface area contributed by atoms with Crippen molar-refractivity contribution in [1.29, 1.82) is 0 Å². The molecule has 0 aromatic heterocycles. The Balaban J connectivity index is 0. The topological polar surface area (TPSA) is 50.8 Å². The number of nitrogens with zero attached hydrogens (tertiary/aromatic N) is 1. The zero-order chi connectivity index (χ0) is 10.9. The van der Waals surface area contributed by atoms with Crippen LogP contribution in [0.1, 0.15) is 6.92 Å². The van der Waals surface area contributed by atoms with Crippen LogP contribution in [0.2, 0.25) is 0 Å². The van der Waals surface area contributed by atoms with Crippen LogP contribution in [0.4, 0.5) is 0 Å². The maximum Gasteiger partial charge on any atom is 0.332 e. The largest absolute Gasteiger partial charge is 0.464 e. The highest BCUT2D eigenvalue weighted by Gasteiger charge is 2.09. The monoisotopic (exact) mass is 288 g/mol. The first-order valence-electron chi connectivity index (χ1n) is 5.49. The second-order valence-electron chi connectivity index (χ2n) is 3.45. The van der Waals surface area contributed by atoms with Gasteiger partial charge in [-0.2, -0.15) is 0 Å². The van der Waals surface area contributed by atoms with Gasteiger partial charge in [0.05, 0.1) is 13.2 Å². The molecule has 1 saturated heterocycles. The van der Waals surface area contributed by atoms with E-state index in [1.165, 1.54) is 0 Å². The van der Waals surface area contributed by atoms with E-state index in [-0.39, 0.29) is 37.4 Å². The zero-order valence-electron chi connectivity index (χ0n) is 10.1. The van der Waals surface area contributed by atoms with Crippen molar-refractivity contribution in [3.05, 3.63) is 0 Å². The van der Waals surface area contributed by atoms with Crippen LogP contribution in [-0.2, 0) is 14.3 Å². The SMILES string of the molecule is CCOC(=O)COCCN1CCNCC1.Cl.Cl. The second-order valence-corrected chi connectivity index (χ2v) is 3.45. The van der Waals surface area contributed by atoms with E-state index in [1.807, 2.05) is 0 Å². The molecule has 0 spiro atoms. The molecular weight excluding hydrogens is 267 g/mol. The summed E-state index contributed by atoms with van der Waals surface area (Å²) in [6.45, 7) is 7.96. The minimum Gasteiger partial charge on any atom is -0.464 e. The summed E-state index contributed by atoms with van der Waals surface area (Å²) < 4.78 is 9.96. The molecule has 17 heavy (non-hydrogen) atoms. The molecule has 0 aromatic rings. The van der Waals surface area contributed by atoms with Gasteiger partial charge >= 0.3 is 5.97 Å². The summed E-state index contributed by atoms with van der Waals surface area (Å²) in [7, 11) is 0. The summed E-state index contributed by atoms with van der Waals surface area (Å²) in [5, 5.41) is 3.28. The average Bonchev–Trinajstić information content (AvgIpc) is 2.26. The lowest BCUT2D eigenvalue weighted by Gasteiger charge is -2.26. The van der Waals surface area contributed by atoms with Crippen LogP contribution in [0.15, 0.2) is 0 Å². The maximum absolute atomic E-state index is 10.9. The highest BCUT2D eigenvalue weighted by molar-refractivity contribution is 5.85. The highest BCUT2D eigenvalue weighted by Crippen LogP contribution is 1.91. The van der Waals surface area contributed by atoms with Crippen molar-refractivity contribution < 1.29 is 14.3 Å². The Bertz CT molecular complexity index is 190. The van der Waals surface area contributed by atoms with Crippen LogP contribution in [0.25, 0.3) is 0 Å². The Morgan fingerprint density at radius 1 is 1.29 bits per heavy atom. The van der Waals surface area contributed by atoms with Crippen LogP contribution < -0.4 is 5.32 Å². The van der Waals surface area contributed by atoms with Gasteiger partial charge in [0, 0.05) is 32.7 Å². The predicted octanol–water partition coefficient (Wildman–Crippen LogP) is 0.315. The number of halogens is 2. The predicted molar refractivity (Wildman–Crippen MR) is 71.3 cm³/mol. The Labute approximate surface area is 115 Å². The van der Waals surface area contributed by atoms with Gasteiger partial charge in [-0.05, 0) is 6.92 Å². The number of carbonyl (C=O) groups is 1. The third kappa shape index (κ3) is 9.62. The van der Waals surface area contributed by atoms with Crippen molar-refractivity contribution in [2.75, 3.05) is 52.5 Å². The number of hydrogen-bond acceptors (Lipinski definition) is 5. The molecule has 0 unspecified atom stereocenters. The molecule has 0 saturated carbocycles. The molecule has 0 atom stereocenters. The molecule has 104 valence electrons. The van der Waals surface area contributed by atoms with Gasteiger partial charge < -0.3 is 14.8 Å². The Morgan fingerprint density at radius 3 is 2.53 bits per heavy atom. The summed E-state index contributed by atoms with van der Waals surface area (Å²) in [6.07, 6.45) is 0. The van der Waals surface area contributed by atoms with Crippen LogP contribution in [0, 0.1) is 0 Å². The normalized spacial score (nSPS) is 15.6. The lowest BCUT2D eigenvalue weighted by atomic mass is 10.4. The molecule has 1 aliphatic rings. The van der Waals surface area contributed by atoms with Crippen molar-refractivity contribution in [1.82, 2.24) is 10.2 Å². The van der Waals surface area contributed by atoms with E-state index >= 15 is 0 Å². The molecule has 1 rings (SSSR count). The fourth-order valence-electron chi connectivity index (χ4n) is 1.49. The van der Waals surface area contributed by atoms with Gasteiger partial charge in [-0.3, -0.25) is 4.90 Å². The number of ether oxygens (including phenoxy) is 2. The number of esters is 1. The van der Waals surface area contributed by atoms with Gasteiger partial charge in [0.1, 0.15) is 6.61 Å². The van der Waals surface area contributed by atoms with E-state index in [4.69, 9.17) is 9.47 Å². The van der Waals surface area contributed by atoms with E-state index < -0.39 is 0 Å². The number of nitrogens with one attached hydrogen (secondary N) is 1. The van der Waals surface area contributed by atoms with Crippen LogP contribution in [0.5, 0.6) is 0 Å². The standard InChI is InChI=1S/C10H20N2O3.2ClH/c1-2-15-10(13)9-14-8-7-12-5-3-11-4-6-12;;/h11H,2-9H2,1H3;2*1H. The van der Waals surface area contributed by atoms with Gasteiger partial charge in [0.2, 0.25) is 0 Å². The third-order valence-electron chi connectivity index (χ3n) is 2.29. The van der Waals surface area contributed by atoms with Gasteiger partial charge in [-0.25, -0.2) is 4.79 Å². The molecular formula is C10H22Cl2N2O3. The van der Waals surface area contributed by atoms with Crippen molar-refractivity contribution >= 4 is 30.8 Å². The summed E-state index contributed by atoms with van der Waals surface area (Å²) >= 11 is 0. The first-order valence-corrected chi connectivity index (χ1v) is 5.49. The molecule has 1 N–H and O–H groups in total. The molecule has 1 heterocycles. The fourth-order valence-corrected chi connectivity index (χ4v) is 1.49.